The topological polar surface area (TPSA) is 197 Å². The van der Waals surface area contributed by atoms with E-state index in [1.165, 1.54) is 24.2 Å². The first-order valence-electron chi connectivity index (χ1n) is 17.7. The Labute approximate surface area is 330 Å². The number of pyridine rings is 1. The van der Waals surface area contributed by atoms with Gasteiger partial charge >= 0.3 is 18.2 Å². The summed E-state index contributed by atoms with van der Waals surface area (Å²) in [4.78, 5) is 57.1. The van der Waals surface area contributed by atoms with E-state index in [4.69, 9.17) is 26.2 Å². The van der Waals surface area contributed by atoms with Crippen LogP contribution in [0.15, 0.2) is 67.1 Å². The van der Waals surface area contributed by atoms with Crippen molar-refractivity contribution in [1.82, 2.24) is 40.3 Å². The van der Waals surface area contributed by atoms with E-state index in [1.807, 2.05) is 29.2 Å². The van der Waals surface area contributed by atoms with E-state index in [2.05, 4.69) is 48.4 Å². The normalized spacial score (nSPS) is 17.4. The van der Waals surface area contributed by atoms with Crippen LogP contribution in [0.5, 0.6) is 0 Å². The molecule has 4 aromatic rings. The van der Waals surface area contributed by atoms with E-state index in [1.54, 1.807) is 36.5 Å². The number of hydrogen-bond donors (Lipinski definition) is 4. The molecule has 4 N–H and O–H groups in total. The summed E-state index contributed by atoms with van der Waals surface area (Å²) in [5.41, 5.74) is 4.91. The van der Waals surface area contributed by atoms with Crippen molar-refractivity contribution in [1.29, 1.82) is 0 Å². The van der Waals surface area contributed by atoms with Crippen molar-refractivity contribution in [3.63, 3.8) is 0 Å². The zero-order valence-corrected chi connectivity index (χ0v) is 31.6. The fraction of sp³-hybridized carbons (Fsp3) is 0.351. The first-order valence-corrected chi connectivity index (χ1v) is 18.1. The number of tetrazole rings is 1. The molecule has 0 aliphatic carbocycles. The van der Waals surface area contributed by atoms with Gasteiger partial charge < -0.3 is 30.3 Å². The molecular weight excluding hydrogens is 773 g/mol. The van der Waals surface area contributed by atoms with Gasteiger partial charge in [0.15, 0.2) is 0 Å². The average molecular weight is 813 g/mol. The van der Waals surface area contributed by atoms with Gasteiger partial charge in [0.05, 0.1) is 24.5 Å². The average Bonchev–Trinajstić information content (AvgIpc) is 3.72. The number of nitrogens with zero attached hydrogens (tertiary/aromatic N) is 7. The summed E-state index contributed by atoms with van der Waals surface area (Å²) in [6.07, 6.45) is 3.31. The molecule has 2 aromatic carbocycles. The number of rotatable bonds is 6. The molecule has 2 atom stereocenters. The number of halogens is 4. The molecule has 0 saturated carbocycles. The monoisotopic (exact) mass is 812 g/mol. The number of piperazine rings is 1. The number of ether oxygens (including phenoxy) is 1. The molecule has 1 fully saturated rings. The summed E-state index contributed by atoms with van der Waals surface area (Å²) in [6.45, 7) is 2.94. The fourth-order valence-electron chi connectivity index (χ4n) is 6.18. The number of aromatic nitrogens is 5. The van der Waals surface area contributed by atoms with Crippen LogP contribution >= 0.6 is 11.6 Å². The highest BCUT2D eigenvalue weighted by atomic mass is 35.5. The van der Waals surface area contributed by atoms with Crippen molar-refractivity contribution in [2.24, 2.45) is 0 Å². The Balaban J connectivity index is 0.000000811. The van der Waals surface area contributed by atoms with Gasteiger partial charge in [0, 0.05) is 66.0 Å². The number of alkyl halides is 3. The van der Waals surface area contributed by atoms with Gasteiger partial charge in [-0.3, -0.25) is 19.9 Å². The number of carbonyl (C=O) groups excluding carboxylic acids is 3. The summed E-state index contributed by atoms with van der Waals surface area (Å²) in [5, 5.41) is 28.4. The Morgan fingerprint density at radius 2 is 1.75 bits per heavy atom. The number of nitrogens with one attached hydrogen (secondary N) is 3. The van der Waals surface area contributed by atoms with Crippen LogP contribution in [-0.2, 0) is 19.1 Å². The van der Waals surface area contributed by atoms with Gasteiger partial charge in [-0.15, -0.1) is 5.10 Å². The van der Waals surface area contributed by atoms with E-state index < -0.39 is 30.3 Å². The van der Waals surface area contributed by atoms with Gasteiger partial charge in [-0.2, -0.15) is 17.9 Å². The molecule has 0 unspecified atom stereocenters. The van der Waals surface area contributed by atoms with Crippen LogP contribution in [0.4, 0.5) is 29.3 Å². The van der Waals surface area contributed by atoms with Gasteiger partial charge in [-0.25, -0.2) is 9.59 Å². The molecule has 4 heterocycles. The van der Waals surface area contributed by atoms with Crippen molar-refractivity contribution in [2.75, 3.05) is 51.0 Å². The zero-order valence-electron chi connectivity index (χ0n) is 30.9. The summed E-state index contributed by atoms with van der Waals surface area (Å²) < 4.78 is 38.0. The van der Waals surface area contributed by atoms with Crippen LogP contribution in [0.1, 0.15) is 43.0 Å². The van der Waals surface area contributed by atoms with E-state index in [0.717, 1.165) is 37.1 Å². The lowest BCUT2D eigenvalue weighted by Crippen LogP contribution is -2.51. The molecule has 16 nitrogen and oxygen atoms in total. The first-order chi connectivity index (χ1) is 27.2. The molecule has 3 amide bonds. The van der Waals surface area contributed by atoms with E-state index in [9.17, 15) is 27.6 Å². The van der Waals surface area contributed by atoms with Crippen LogP contribution in [0.3, 0.4) is 0 Å². The minimum atomic E-state index is -5.08. The molecule has 2 aromatic heterocycles. The molecule has 20 heteroatoms. The number of anilines is 2. The predicted octanol–water partition coefficient (Wildman–Crippen LogP) is 5.19. The Kier molecular flexibility index (Phi) is 14.2. The molecule has 57 heavy (non-hydrogen) atoms. The Morgan fingerprint density at radius 3 is 2.44 bits per heavy atom. The van der Waals surface area contributed by atoms with Crippen molar-refractivity contribution in [3.8, 4) is 16.8 Å². The van der Waals surface area contributed by atoms with Crippen molar-refractivity contribution >= 4 is 52.9 Å². The number of methoxy groups -OCH3 is 1. The number of fused-ring (bicyclic) bond motifs is 4. The third kappa shape index (κ3) is 11.7. The van der Waals surface area contributed by atoms with Crippen LogP contribution in [0, 0.1) is 0 Å². The Hall–Kier alpha value is -6.08. The fourth-order valence-corrected chi connectivity index (χ4v) is 6.36. The summed E-state index contributed by atoms with van der Waals surface area (Å²) in [7, 11) is 3.36. The highest BCUT2D eigenvalue weighted by Crippen LogP contribution is 2.34. The number of carboxylic acids is 1. The molecule has 2 bridgehead atoms. The lowest BCUT2D eigenvalue weighted by atomic mass is 9.96. The SMILES string of the molecule is COC(=O)Nc1ccc2c(c1)N[C@@H](C(=O)N1CCN(C)CC1)CCCC[C@H](NC(=O)/C=C/c1cc(Cl)ccc1-n1cnnn1)c1cc-2ccn1.O=C(O)C(F)(F)F. The van der Waals surface area contributed by atoms with Crippen molar-refractivity contribution in [2.45, 2.75) is 43.9 Å². The largest absolute Gasteiger partial charge is 0.490 e. The van der Waals surface area contributed by atoms with Crippen molar-refractivity contribution in [3.05, 3.63) is 83.4 Å². The first kappa shape index (κ1) is 42.1. The highest BCUT2D eigenvalue weighted by Gasteiger charge is 2.38. The molecule has 0 spiro atoms. The molecule has 2 aliphatic rings. The van der Waals surface area contributed by atoms with Gasteiger partial charge in [-0.1, -0.05) is 30.5 Å². The second-order valence-corrected chi connectivity index (χ2v) is 13.5. The van der Waals surface area contributed by atoms with E-state index in [0.29, 0.717) is 59.3 Å². The van der Waals surface area contributed by atoms with Crippen molar-refractivity contribution < 1.29 is 42.2 Å². The maximum absolute atomic E-state index is 14.0. The Morgan fingerprint density at radius 1 is 1.02 bits per heavy atom. The number of amides is 3. The zero-order chi connectivity index (χ0) is 41.1. The quantitative estimate of drug-likeness (QED) is 0.186. The minimum Gasteiger partial charge on any atom is -0.475 e. The number of carbonyl (C=O) groups is 4. The van der Waals surface area contributed by atoms with E-state index >= 15 is 0 Å². The third-order valence-electron chi connectivity index (χ3n) is 9.14. The maximum Gasteiger partial charge on any atom is 0.490 e. The summed E-state index contributed by atoms with van der Waals surface area (Å²) in [5.74, 6) is -3.02. The third-order valence-corrected chi connectivity index (χ3v) is 9.37. The molecular formula is C37H40ClF3N10O6. The predicted molar refractivity (Wildman–Crippen MR) is 203 cm³/mol. The lowest BCUT2D eigenvalue weighted by Gasteiger charge is -2.35. The minimum absolute atomic E-state index is 0.0416. The molecule has 2 aliphatic heterocycles. The van der Waals surface area contributed by atoms with Crippen LogP contribution in [0.2, 0.25) is 5.02 Å². The number of carboxylic acid groups (broad SMARTS) is 1. The molecule has 0 radical (unpaired) electrons. The Bertz CT molecular complexity index is 2080. The van der Waals surface area contributed by atoms with Crippen LogP contribution < -0.4 is 16.0 Å². The smallest absolute Gasteiger partial charge is 0.475 e. The maximum atomic E-state index is 14.0. The number of hydrogen-bond acceptors (Lipinski definition) is 11. The summed E-state index contributed by atoms with van der Waals surface area (Å²) in [6, 6.07) is 13.7. The van der Waals surface area contributed by atoms with Crippen LogP contribution in [0.25, 0.3) is 22.9 Å². The number of likely N-dealkylation sites (N-methyl/N-ethyl adjacent to an activating group) is 1. The standard InChI is InChI=1S/C35H39ClN10O4.C2HF3O2/c1-44-15-17-45(18-16-44)34(48)29-6-4-3-5-28(41-33(47)12-7-24-19-25(36)8-11-32(24)46-22-38-42-43-46)31-20-23(13-14-37-31)27-10-9-26(21-30(27)40-29)39-35(49)50-2;3-2(4,5)1(6)7/h7-14,19-22,28-29,40H,3-6,15-18H2,1-2H3,(H,39,49)(H,41,47);(H,6,7)/b12-7+;/t28-,29+;/m0./s1. The van der Waals surface area contributed by atoms with Gasteiger partial charge in [0.25, 0.3) is 0 Å². The highest BCUT2D eigenvalue weighted by molar-refractivity contribution is 6.30. The second-order valence-electron chi connectivity index (χ2n) is 13.1. The lowest BCUT2D eigenvalue weighted by molar-refractivity contribution is -0.192. The molecule has 302 valence electrons. The molecule has 6 rings (SSSR count). The van der Waals surface area contributed by atoms with Crippen LogP contribution in [-0.4, -0.2) is 117 Å². The van der Waals surface area contributed by atoms with Gasteiger partial charge in [0.2, 0.25) is 11.8 Å². The number of aliphatic carboxylic acids is 1. The van der Waals surface area contributed by atoms with E-state index in [-0.39, 0.29) is 11.8 Å². The summed E-state index contributed by atoms with van der Waals surface area (Å²) >= 11 is 6.27. The number of benzene rings is 2. The van der Waals surface area contributed by atoms with Gasteiger partial charge in [-0.05, 0) is 84.4 Å². The molecule has 1 saturated heterocycles. The van der Waals surface area contributed by atoms with Gasteiger partial charge in [0.1, 0.15) is 12.4 Å². The second kappa shape index (κ2) is 19.2.